The second-order valence-corrected chi connectivity index (χ2v) is 29.7. The fraction of sp³-hybridized carbons (Fsp3) is 0.0870. The van der Waals surface area contributed by atoms with Crippen molar-refractivity contribution < 1.29 is 18.1 Å². The highest BCUT2D eigenvalue weighted by Crippen LogP contribution is 2.66. The molecule has 1 fully saturated rings. The molecule has 0 N–H and O–H groups in total. The fourth-order valence-electron chi connectivity index (χ4n) is 17.1. The van der Waals surface area contributed by atoms with E-state index in [9.17, 15) is 0 Å². The normalized spacial score (nSPS) is 15.4. The molecule has 0 radical (unpaired) electrons. The molecule has 2 aliphatic carbocycles. The zero-order valence-corrected chi connectivity index (χ0v) is 59.4. The highest BCUT2D eigenvalue weighted by molar-refractivity contribution is 9.10. The maximum atomic E-state index is 6.65. The first-order valence-electron chi connectivity index (χ1n) is 34.6. The van der Waals surface area contributed by atoms with Gasteiger partial charge in [0.1, 0.15) is 22.3 Å². The van der Waals surface area contributed by atoms with Crippen molar-refractivity contribution in [3.8, 4) is 33.4 Å². The Morgan fingerprint density at radius 2 is 0.667 bits per heavy atom. The van der Waals surface area contributed by atoms with Gasteiger partial charge in [-0.05, 0) is 226 Å². The van der Waals surface area contributed by atoms with Crippen LogP contribution in [-0.4, -0.2) is 18.3 Å². The van der Waals surface area contributed by atoms with Crippen LogP contribution in [0.4, 0.5) is 34.1 Å². The molecule has 16 aromatic rings. The minimum atomic E-state index is -0.486. The molecule has 5 heterocycles. The largest absolute Gasteiger partial charge is 0.495 e. The maximum absolute atomic E-state index is 6.65. The summed E-state index contributed by atoms with van der Waals surface area (Å²) in [5.74, 6) is 0. The number of hydrogen-bond acceptors (Lipinski definition) is 6. The van der Waals surface area contributed by atoms with Gasteiger partial charge in [-0.25, -0.2) is 0 Å². The summed E-state index contributed by atoms with van der Waals surface area (Å²) in [5, 5.41) is 5.67. The van der Waals surface area contributed by atoms with Crippen LogP contribution in [0.3, 0.4) is 0 Å². The lowest BCUT2D eigenvalue weighted by Crippen LogP contribution is -2.41. The summed E-state index contributed by atoms with van der Waals surface area (Å²) < 4.78 is 26.2. The first-order chi connectivity index (χ1) is 49.8. The van der Waals surface area contributed by atoms with E-state index in [1.807, 2.05) is 54.6 Å². The van der Waals surface area contributed by atoms with Gasteiger partial charge in [-0.3, -0.25) is 0 Å². The van der Waals surface area contributed by atoms with Crippen LogP contribution >= 0.6 is 39.1 Å². The number of hydrogen-bond donors (Lipinski definition) is 0. The molecule has 1 saturated heterocycles. The van der Waals surface area contributed by atoms with E-state index in [-0.39, 0.29) is 0 Å². The molecule has 2 aromatic heterocycles. The molecule has 21 rings (SSSR count). The molecule has 0 unspecified atom stereocenters. The van der Waals surface area contributed by atoms with Crippen molar-refractivity contribution >= 4 is 130 Å². The van der Waals surface area contributed by atoms with Crippen molar-refractivity contribution in [1.29, 1.82) is 0 Å². The molecular formula is C92H64BBrCl2N2O4. The lowest BCUT2D eigenvalue weighted by Gasteiger charge is -2.45. The third kappa shape index (κ3) is 9.26. The summed E-state index contributed by atoms with van der Waals surface area (Å²) in [7, 11) is -0.451. The monoisotopic (exact) mass is 1420 g/mol. The van der Waals surface area contributed by atoms with Crippen molar-refractivity contribution in [3.05, 3.63) is 374 Å². The Labute approximate surface area is 610 Å². The summed E-state index contributed by atoms with van der Waals surface area (Å²) in [6, 6.07) is 113. The molecule has 0 saturated carbocycles. The molecule has 0 bridgehead atoms. The molecule has 3 aliphatic heterocycles. The van der Waals surface area contributed by atoms with Gasteiger partial charge < -0.3 is 27.9 Å². The van der Waals surface area contributed by atoms with Crippen molar-refractivity contribution in [2.45, 2.75) is 49.7 Å². The molecule has 14 aromatic carbocycles. The number of fused-ring (bicyclic) bond motifs is 24. The second-order valence-electron chi connectivity index (χ2n) is 27.9. The molecule has 5 aliphatic rings. The van der Waals surface area contributed by atoms with Gasteiger partial charge in [0.15, 0.2) is 0 Å². The van der Waals surface area contributed by atoms with E-state index in [1.165, 1.54) is 95.1 Å². The third-order valence-electron chi connectivity index (χ3n) is 22.0. The quantitative estimate of drug-likeness (QED) is 0.164. The van der Waals surface area contributed by atoms with Crippen LogP contribution in [-0.2, 0) is 20.1 Å². The number of rotatable bonds is 4. The molecule has 6 nitrogen and oxygen atoms in total. The summed E-state index contributed by atoms with van der Waals surface area (Å²) in [5.41, 5.74) is 27.5. The highest BCUT2D eigenvalue weighted by Gasteiger charge is 2.57. The molecule has 2 spiro atoms. The van der Waals surface area contributed by atoms with Crippen LogP contribution in [0.15, 0.2) is 329 Å². The van der Waals surface area contributed by atoms with E-state index in [4.69, 9.17) is 41.3 Å². The summed E-state index contributed by atoms with van der Waals surface area (Å²) in [6.07, 6.45) is 0. The maximum Gasteiger partial charge on any atom is 0.495 e. The Kier molecular flexibility index (Phi) is 14.5. The lowest BCUT2D eigenvalue weighted by atomic mass is 9.64. The van der Waals surface area contributed by atoms with Crippen molar-refractivity contribution in [2.24, 2.45) is 0 Å². The van der Waals surface area contributed by atoms with E-state index in [2.05, 4.69) is 314 Å². The molecule has 10 heteroatoms. The Balaban J connectivity index is 0.000000118. The predicted molar refractivity (Wildman–Crippen MR) is 424 cm³/mol. The van der Waals surface area contributed by atoms with Gasteiger partial charge in [0.2, 0.25) is 0 Å². The first-order valence-corrected chi connectivity index (χ1v) is 36.2. The number of halogens is 3. The number of benzene rings is 14. The highest BCUT2D eigenvalue weighted by atomic mass is 79.9. The summed E-state index contributed by atoms with van der Waals surface area (Å²) >= 11 is 15.8. The van der Waals surface area contributed by atoms with E-state index in [1.54, 1.807) is 0 Å². The molecular weight excluding hydrogens is 1360 g/mol. The van der Waals surface area contributed by atoms with E-state index in [0.717, 1.165) is 75.8 Å². The molecule has 0 amide bonds. The van der Waals surface area contributed by atoms with Gasteiger partial charge in [-0.2, -0.15) is 0 Å². The topological polar surface area (TPSA) is 51.2 Å². The standard InChI is InChI=1S/C43H26ClNO.C37H32BNO2.C12H6BrClO/c44-28-22-24-41-33(26-28)32-25-27(21-23-40(32)46-41)30-14-10-18-37-42(30)31-13-4-5-15-34(31)43(37)35-16-6-8-19-38(35)45(29-11-2-1-3-12-29)39-20-9-7-17-36(39)43;1-35(2)36(3,4)41-38(40-35)31-22-14-21-30-34(31)26-17-8-9-18-27(26)37(30)28-19-10-12-23-32(28)39(25-15-6-5-7-16-25)33-24-13-11-20-29(33)37;13-7-1-3-11-9(5-7)10-6-8(14)2-4-12(10)15-11/h1-26H;5-24H,1-4H3;1-6H. The van der Waals surface area contributed by atoms with Crippen LogP contribution in [0.2, 0.25) is 10.0 Å². The Hall–Kier alpha value is -10.7. The van der Waals surface area contributed by atoms with Crippen molar-refractivity contribution in [3.63, 3.8) is 0 Å². The van der Waals surface area contributed by atoms with Crippen LogP contribution in [0.1, 0.15) is 72.2 Å². The van der Waals surface area contributed by atoms with Gasteiger partial charge in [0, 0.05) is 47.4 Å². The first kappa shape index (κ1) is 62.3. The second kappa shape index (κ2) is 23.7. The predicted octanol–water partition coefficient (Wildman–Crippen LogP) is 25.2. The minimum Gasteiger partial charge on any atom is -0.456 e. The number of anilines is 6. The molecule has 0 atom stereocenters. The van der Waals surface area contributed by atoms with Gasteiger partial charge in [-0.15, -0.1) is 0 Å². The van der Waals surface area contributed by atoms with E-state index in [0.29, 0.717) is 5.02 Å². The van der Waals surface area contributed by atoms with Crippen LogP contribution < -0.4 is 15.3 Å². The minimum absolute atomic E-state index is 0.420. The van der Waals surface area contributed by atoms with Gasteiger partial charge in [0.05, 0.1) is 44.8 Å². The van der Waals surface area contributed by atoms with Gasteiger partial charge in [-0.1, -0.05) is 239 Å². The Morgan fingerprint density at radius 1 is 0.314 bits per heavy atom. The fourth-order valence-corrected chi connectivity index (χ4v) is 17.8. The van der Waals surface area contributed by atoms with Crippen LogP contribution in [0, 0.1) is 0 Å². The average Bonchev–Trinajstić information content (AvgIpc) is 1.48. The number of nitrogens with zero attached hydrogens (tertiary/aromatic N) is 2. The Bertz CT molecular complexity index is 5920. The van der Waals surface area contributed by atoms with Gasteiger partial charge >= 0.3 is 7.12 Å². The van der Waals surface area contributed by atoms with Crippen LogP contribution in [0.25, 0.3) is 77.3 Å². The van der Waals surface area contributed by atoms with Gasteiger partial charge in [0.25, 0.3) is 0 Å². The van der Waals surface area contributed by atoms with Crippen molar-refractivity contribution in [1.82, 2.24) is 0 Å². The SMILES string of the molecule is CC1(C)OB(c2cccc3c2-c2ccccc2C32c3ccccc3N(c3ccccc3)c3ccccc32)OC1(C)C.Clc1ccc2oc3ccc(-c4cccc5c4-c4ccccc4C54c5ccccc5N(c5ccccc5)c5ccccc54)cc3c2c1.Clc1ccc2oc3ccc(Br)cc3c2c1. The zero-order chi connectivity index (χ0) is 68.8. The smallest absolute Gasteiger partial charge is 0.456 e. The van der Waals surface area contributed by atoms with Crippen molar-refractivity contribution in [2.75, 3.05) is 9.80 Å². The average molecular weight is 1420 g/mol. The zero-order valence-electron chi connectivity index (χ0n) is 56.3. The lowest BCUT2D eigenvalue weighted by molar-refractivity contribution is 0.00578. The Morgan fingerprint density at radius 3 is 1.15 bits per heavy atom. The summed E-state index contributed by atoms with van der Waals surface area (Å²) in [4.78, 5) is 4.83. The van der Waals surface area contributed by atoms with E-state index >= 15 is 0 Å². The van der Waals surface area contributed by atoms with Crippen LogP contribution in [0.5, 0.6) is 0 Å². The summed E-state index contributed by atoms with van der Waals surface area (Å²) in [6.45, 7) is 8.49. The molecule has 490 valence electrons. The third-order valence-corrected chi connectivity index (χ3v) is 23.0. The molecule has 102 heavy (non-hydrogen) atoms. The number of para-hydroxylation sites is 6. The van der Waals surface area contributed by atoms with E-state index < -0.39 is 29.2 Å². The number of furan rings is 2.